The van der Waals surface area contributed by atoms with Gasteiger partial charge in [0.05, 0.1) is 24.1 Å². The summed E-state index contributed by atoms with van der Waals surface area (Å²) in [4.78, 5) is 41.4. The van der Waals surface area contributed by atoms with Crippen molar-refractivity contribution in [3.63, 3.8) is 0 Å². The van der Waals surface area contributed by atoms with Crippen molar-refractivity contribution in [1.29, 1.82) is 0 Å². The molecular formula is C26H35N3O6. The number of rotatable bonds is 8. The molecule has 190 valence electrons. The van der Waals surface area contributed by atoms with Crippen LogP contribution in [-0.4, -0.2) is 44.6 Å². The number of aromatic hydroxyl groups is 2. The van der Waals surface area contributed by atoms with Gasteiger partial charge in [-0.1, -0.05) is 43.2 Å². The van der Waals surface area contributed by atoms with Gasteiger partial charge in [0.15, 0.2) is 11.7 Å². The highest BCUT2D eigenvalue weighted by atomic mass is 16.6. The molecule has 1 aliphatic carbocycles. The van der Waals surface area contributed by atoms with Crippen molar-refractivity contribution < 1.29 is 29.3 Å². The molecule has 0 spiro atoms. The summed E-state index contributed by atoms with van der Waals surface area (Å²) in [6, 6.07) is 7.54. The number of alkyl carbamates (subject to hydrolysis) is 1. The van der Waals surface area contributed by atoms with E-state index < -0.39 is 41.3 Å². The Kier molecular flexibility index (Phi) is 8.09. The number of hydrogen-bond donors (Lipinski definition) is 5. The second-order valence-electron chi connectivity index (χ2n) is 10.1. The van der Waals surface area contributed by atoms with E-state index in [4.69, 9.17) is 4.74 Å². The van der Waals surface area contributed by atoms with Crippen LogP contribution in [0.25, 0.3) is 0 Å². The smallest absolute Gasteiger partial charge is 0.408 e. The number of aromatic nitrogens is 1. The third kappa shape index (κ3) is 6.77. The van der Waals surface area contributed by atoms with Crippen molar-refractivity contribution in [1.82, 2.24) is 15.6 Å². The summed E-state index contributed by atoms with van der Waals surface area (Å²) >= 11 is 0. The van der Waals surface area contributed by atoms with Gasteiger partial charge in [-0.3, -0.25) is 14.6 Å². The molecule has 0 aliphatic heterocycles. The van der Waals surface area contributed by atoms with Gasteiger partial charge in [-0.15, -0.1) is 0 Å². The number of nitrogens with one attached hydrogen (secondary N) is 3. The number of H-pyrrole nitrogens is 1. The zero-order valence-corrected chi connectivity index (χ0v) is 20.7. The standard InChI is InChI=1S/C26H35N3O6/c1-15-20(24(33)29-23(15)32)22(31)21(17-12-8-9-13-17)28-19(30)14-18(16-10-6-5-7-11-16)27-25(34)35-26(2,3)4/h5-7,10-11,17-18,21,29,32-33H,8-9,12-14H2,1-4H3,(H,27,34)(H,28,30)/t18-,21?/m0/s1. The van der Waals surface area contributed by atoms with E-state index in [0.717, 1.165) is 31.2 Å². The number of ether oxygens (including phenoxy) is 1. The largest absolute Gasteiger partial charge is 0.494 e. The number of carbonyl (C=O) groups excluding carboxylic acids is 3. The van der Waals surface area contributed by atoms with Crippen molar-refractivity contribution >= 4 is 17.8 Å². The van der Waals surface area contributed by atoms with Gasteiger partial charge in [0.2, 0.25) is 11.8 Å². The average molecular weight is 486 g/mol. The Bertz CT molecular complexity index is 1050. The molecule has 9 nitrogen and oxygen atoms in total. The quantitative estimate of drug-likeness (QED) is 0.354. The van der Waals surface area contributed by atoms with Crippen molar-refractivity contribution in [2.45, 2.75) is 77.5 Å². The Morgan fingerprint density at radius 1 is 1.06 bits per heavy atom. The topological polar surface area (TPSA) is 141 Å². The predicted octanol–water partition coefficient (Wildman–Crippen LogP) is 4.25. The third-order valence-corrected chi connectivity index (χ3v) is 6.20. The molecule has 0 bridgehead atoms. The maximum absolute atomic E-state index is 13.4. The van der Waals surface area contributed by atoms with Gasteiger partial charge in [-0.05, 0) is 52.0 Å². The molecule has 2 aromatic rings. The van der Waals surface area contributed by atoms with Gasteiger partial charge < -0.3 is 25.6 Å². The second-order valence-corrected chi connectivity index (χ2v) is 10.1. The van der Waals surface area contributed by atoms with Gasteiger partial charge >= 0.3 is 6.09 Å². The van der Waals surface area contributed by atoms with Crippen molar-refractivity contribution in [3.05, 3.63) is 47.0 Å². The van der Waals surface area contributed by atoms with Crippen LogP contribution in [0.15, 0.2) is 30.3 Å². The molecule has 1 aromatic heterocycles. The van der Waals surface area contributed by atoms with Gasteiger partial charge in [0.1, 0.15) is 5.60 Å². The number of benzene rings is 1. The van der Waals surface area contributed by atoms with Crippen molar-refractivity contribution in [2.75, 3.05) is 0 Å². The number of carbonyl (C=O) groups is 3. The lowest BCUT2D eigenvalue weighted by atomic mass is 9.90. The molecule has 5 N–H and O–H groups in total. The summed E-state index contributed by atoms with van der Waals surface area (Å²) in [5.74, 6) is -1.66. The van der Waals surface area contributed by atoms with Gasteiger partial charge in [0.25, 0.3) is 0 Å². The third-order valence-electron chi connectivity index (χ3n) is 6.20. The number of aromatic amines is 1. The molecule has 1 heterocycles. The number of Topliss-reactive ketones (excluding diaryl/α,β-unsaturated/α-hetero) is 1. The molecule has 3 rings (SSSR count). The number of amides is 2. The SMILES string of the molecule is Cc1c(O)[nH]c(O)c1C(=O)C(NC(=O)C[C@H](NC(=O)OC(C)(C)C)c1ccccc1)C1CCCC1. The lowest BCUT2D eigenvalue weighted by Gasteiger charge is -2.26. The van der Waals surface area contributed by atoms with E-state index in [1.165, 1.54) is 6.92 Å². The molecule has 0 saturated heterocycles. The second kappa shape index (κ2) is 10.8. The summed E-state index contributed by atoms with van der Waals surface area (Å²) < 4.78 is 5.37. The molecule has 35 heavy (non-hydrogen) atoms. The Labute approximate surface area is 205 Å². The summed E-state index contributed by atoms with van der Waals surface area (Å²) in [6.45, 7) is 6.79. The highest BCUT2D eigenvalue weighted by molar-refractivity contribution is 6.05. The highest BCUT2D eigenvalue weighted by Crippen LogP contribution is 2.34. The molecule has 1 aliphatic rings. The van der Waals surface area contributed by atoms with E-state index in [9.17, 15) is 24.6 Å². The van der Waals surface area contributed by atoms with Gasteiger partial charge in [-0.25, -0.2) is 4.79 Å². The first-order valence-electron chi connectivity index (χ1n) is 11.9. The summed E-state index contributed by atoms with van der Waals surface area (Å²) in [6.07, 6.45) is 2.67. The Hall–Kier alpha value is -3.49. The van der Waals surface area contributed by atoms with Gasteiger partial charge in [0, 0.05) is 5.56 Å². The molecule has 9 heteroatoms. The Morgan fingerprint density at radius 2 is 1.69 bits per heavy atom. The van der Waals surface area contributed by atoms with Crippen LogP contribution in [0.4, 0.5) is 4.79 Å². The first kappa shape index (κ1) is 26.1. The average Bonchev–Trinajstić information content (AvgIpc) is 3.38. The molecule has 2 atom stereocenters. The lowest BCUT2D eigenvalue weighted by molar-refractivity contribution is -0.122. The maximum Gasteiger partial charge on any atom is 0.408 e. The van der Waals surface area contributed by atoms with Crippen LogP contribution in [0.2, 0.25) is 0 Å². The van der Waals surface area contributed by atoms with E-state index in [-0.39, 0.29) is 29.3 Å². The van der Waals surface area contributed by atoms with Crippen LogP contribution < -0.4 is 10.6 Å². The van der Waals surface area contributed by atoms with E-state index >= 15 is 0 Å². The monoisotopic (exact) mass is 485 g/mol. The van der Waals surface area contributed by atoms with Crippen LogP contribution >= 0.6 is 0 Å². The van der Waals surface area contributed by atoms with E-state index in [1.807, 2.05) is 18.2 Å². The maximum atomic E-state index is 13.4. The molecule has 1 fully saturated rings. The molecule has 1 unspecified atom stereocenters. The molecule has 1 aromatic carbocycles. The Balaban J connectivity index is 1.80. The van der Waals surface area contributed by atoms with Crippen molar-refractivity contribution in [2.24, 2.45) is 5.92 Å². The first-order valence-corrected chi connectivity index (χ1v) is 11.9. The minimum absolute atomic E-state index is 0.0220. The number of ketones is 1. The highest BCUT2D eigenvalue weighted by Gasteiger charge is 2.36. The van der Waals surface area contributed by atoms with Crippen LogP contribution in [0.5, 0.6) is 11.8 Å². The van der Waals surface area contributed by atoms with Crippen LogP contribution in [0, 0.1) is 12.8 Å². The minimum atomic E-state index is -0.859. The zero-order valence-electron chi connectivity index (χ0n) is 20.7. The summed E-state index contributed by atoms with van der Waals surface area (Å²) in [5, 5.41) is 25.7. The minimum Gasteiger partial charge on any atom is -0.494 e. The fourth-order valence-electron chi connectivity index (χ4n) is 4.51. The number of hydrogen-bond acceptors (Lipinski definition) is 6. The molecule has 0 radical (unpaired) electrons. The predicted molar refractivity (Wildman–Crippen MR) is 130 cm³/mol. The molecule has 1 saturated carbocycles. The fraction of sp³-hybridized carbons (Fsp3) is 0.500. The lowest BCUT2D eigenvalue weighted by Crippen LogP contribution is -2.46. The van der Waals surface area contributed by atoms with E-state index in [0.29, 0.717) is 0 Å². The normalized spacial score (nSPS) is 15.9. The van der Waals surface area contributed by atoms with E-state index in [2.05, 4.69) is 15.6 Å². The summed E-state index contributed by atoms with van der Waals surface area (Å²) in [7, 11) is 0. The van der Waals surface area contributed by atoms with Crippen LogP contribution in [-0.2, 0) is 9.53 Å². The molecular weight excluding hydrogens is 450 g/mol. The summed E-state index contributed by atoms with van der Waals surface area (Å²) in [5.41, 5.74) is 0.237. The van der Waals surface area contributed by atoms with Crippen molar-refractivity contribution in [3.8, 4) is 11.8 Å². The van der Waals surface area contributed by atoms with Crippen LogP contribution in [0.3, 0.4) is 0 Å². The molecule has 2 amide bonds. The van der Waals surface area contributed by atoms with Gasteiger partial charge in [-0.2, -0.15) is 0 Å². The van der Waals surface area contributed by atoms with Crippen LogP contribution in [0.1, 0.15) is 80.4 Å². The van der Waals surface area contributed by atoms with E-state index in [1.54, 1.807) is 32.9 Å². The zero-order chi connectivity index (χ0) is 25.8. The Morgan fingerprint density at radius 3 is 2.23 bits per heavy atom. The first-order chi connectivity index (χ1) is 16.5. The fourth-order valence-corrected chi connectivity index (χ4v) is 4.51.